The average molecular weight is 1010 g/mol. The van der Waals surface area contributed by atoms with Crippen LogP contribution in [0, 0.1) is 17.7 Å². The topological polar surface area (TPSA) is 202 Å². The first-order valence-electron chi connectivity index (χ1n) is 24.8. The van der Waals surface area contributed by atoms with Gasteiger partial charge in [0.2, 0.25) is 18.0 Å². The van der Waals surface area contributed by atoms with Gasteiger partial charge in [-0.15, -0.1) is 11.3 Å². The average Bonchev–Trinajstić information content (AvgIpc) is 4.18. The number of hydrogen-bond donors (Lipinski definition) is 4. The number of benzene rings is 2. The number of carbonyl (C=O) groups excluding carboxylic acids is 4. The number of ether oxygens (including phenoxy) is 3. The number of halogens is 2. The van der Waals surface area contributed by atoms with Crippen molar-refractivity contribution in [1.82, 2.24) is 49.9 Å². The zero-order chi connectivity index (χ0) is 50.3. The lowest BCUT2D eigenvalue weighted by atomic mass is 9.98. The summed E-state index contributed by atoms with van der Waals surface area (Å²) in [5.74, 6) is 0.688. The summed E-state index contributed by atoms with van der Waals surface area (Å²) in [5, 5.41) is 7.00. The van der Waals surface area contributed by atoms with Crippen LogP contribution in [0.4, 0.5) is 18.4 Å². The van der Waals surface area contributed by atoms with Crippen LogP contribution in [0.25, 0.3) is 44.7 Å². The minimum absolute atomic E-state index is 0.0781. The maximum atomic E-state index is 17.0. The molecule has 3 unspecified atom stereocenters. The summed E-state index contributed by atoms with van der Waals surface area (Å²) in [7, 11) is 2.43. The highest BCUT2D eigenvalue weighted by atomic mass is 32.1. The Labute approximate surface area is 418 Å². The summed E-state index contributed by atoms with van der Waals surface area (Å²) in [6, 6.07) is 8.13. The Hall–Kier alpha value is -6.83. The fraction of sp³-hybridized carbons (Fsp3) is 0.481. The smallest absolute Gasteiger partial charge is 0.407 e. The lowest BCUT2D eigenvalue weighted by Crippen LogP contribution is -2.57. The largest absolute Gasteiger partial charge is 0.464 e. The molecule has 0 radical (unpaired) electrons. The Bertz CT molecular complexity index is 3100. The van der Waals surface area contributed by atoms with Gasteiger partial charge in [0.05, 0.1) is 76.7 Å². The van der Waals surface area contributed by atoms with E-state index in [1.54, 1.807) is 33.5 Å². The number of imidazole rings is 2. The number of carbonyl (C=O) groups is 4. The molecule has 20 heteroatoms. The Kier molecular flexibility index (Phi) is 12.1. The van der Waals surface area contributed by atoms with Gasteiger partial charge >= 0.3 is 12.2 Å². The quantitative estimate of drug-likeness (QED) is 0.0915. The van der Waals surface area contributed by atoms with Crippen LogP contribution in [0.5, 0.6) is 5.75 Å². The first-order valence-corrected chi connectivity index (χ1v) is 25.6. The van der Waals surface area contributed by atoms with E-state index in [0.717, 1.165) is 52.0 Å². The Morgan fingerprint density at radius 3 is 2.26 bits per heavy atom. The molecule has 2 saturated carbocycles. The summed E-state index contributed by atoms with van der Waals surface area (Å²) >= 11 is 1.63. The molecule has 4 fully saturated rings. The van der Waals surface area contributed by atoms with Crippen LogP contribution < -0.4 is 15.4 Å². The zero-order valence-corrected chi connectivity index (χ0v) is 41.8. The van der Waals surface area contributed by atoms with Gasteiger partial charge in [-0.25, -0.2) is 33.3 Å². The Balaban J connectivity index is 0.917. The van der Waals surface area contributed by atoms with Crippen LogP contribution in [0.15, 0.2) is 55.0 Å². The summed E-state index contributed by atoms with van der Waals surface area (Å²) in [5.41, 5.74) is 2.30. The molecule has 4 aromatic heterocycles. The third kappa shape index (κ3) is 8.43. The van der Waals surface area contributed by atoms with Crippen molar-refractivity contribution < 1.29 is 42.2 Å². The predicted molar refractivity (Wildman–Crippen MR) is 263 cm³/mol. The lowest BCUT2D eigenvalue weighted by molar-refractivity contribution is -0.139. The standard InChI is InChI=1S/C52H58F2N10O7S/c1-25(2)42(60-50(67)69-5)47(65)62-15-9-12-35(62)44-55-23-33(59-44)28-17-31(53)41-37-19-29-16-27(13-14-34(29)64(37)49(71-39(41)21-28)40-24-57-46(72-40)26-10-7-8-11-26)32-22-56-45(58-32)38-20-30-18-36(30)63(38)48(66)43(52(3,4)54)61-51(68)70-6/h13-14,16-17,19,21-26,30,35-36,38,42-43,49H,7-12,15,18,20H2,1-6H3,(H,55,59)(H,56,58)(H,60,67)(H,61,68)/t30?,35-,36+,38-,42-,43?,49?/m0/s1. The van der Waals surface area contributed by atoms with Gasteiger partial charge in [-0.1, -0.05) is 32.8 Å². The van der Waals surface area contributed by atoms with Crippen molar-refractivity contribution in [3.8, 4) is 39.5 Å². The molecular formula is C52H58F2N10O7S. The number of methoxy groups -OCH3 is 2. The molecule has 4 N–H and O–H groups in total. The van der Waals surface area contributed by atoms with Crippen LogP contribution in [0.1, 0.15) is 125 Å². The summed E-state index contributed by atoms with van der Waals surface area (Å²) in [6.07, 6.45) is 10.4. The number of fused-ring (bicyclic) bond motifs is 6. The molecular weight excluding hydrogens is 947 g/mol. The van der Waals surface area contributed by atoms with E-state index < -0.39 is 53.9 Å². The van der Waals surface area contributed by atoms with E-state index in [9.17, 15) is 19.2 Å². The number of alkyl halides is 1. The van der Waals surface area contributed by atoms with Gasteiger partial charge in [-0.05, 0) is 94.5 Å². The van der Waals surface area contributed by atoms with Gasteiger partial charge < -0.3 is 44.6 Å². The number of piperidine rings is 1. The third-order valence-corrected chi connectivity index (χ3v) is 16.4. The third-order valence-electron chi connectivity index (χ3n) is 15.2. The molecule has 6 aromatic rings. The Morgan fingerprint density at radius 1 is 0.847 bits per heavy atom. The summed E-state index contributed by atoms with van der Waals surface area (Å²) in [4.78, 5) is 77.8. The zero-order valence-electron chi connectivity index (χ0n) is 41.0. The second-order valence-corrected chi connectivity index (χ2v) is 21.8. The highest BCUT2D eigenvalue weighted by molar-refractivity contribution is 7.11. The van der Waals surface area contributed by atoms with E-state index in [4.69, 9.17) is 29.2 Å². The van der Waals surface area contributed by atoms with Gasteiger partial charge in [0, 0.05) is 41.2 Å². The van der Waals surface area contributed by atoms with E-state index >= 15 is 8.78 Å². The number of thiazole rings is 1. The number of alkyl carbamates (subject to hydrolysis) is 2. The molecule has 2 aromatic carbocycles. The number of aromatic amines is 2. The van der Waals surface area contributed by atoms with Crippen LogP contribution in [0.3, 0.4) is 0 Å². The van der Waals surface area contributed by atoms with Crippen molar-refractivity contribution in [3.63, 3.8) is 0 Å². The fourth-order valence-electron chi connectivity index (χ4n) is 11.4. The molecule has 17 nitrogen and oxygen atoms in total. The number of nitrogens with zero attached hydrogens (tertiary/aromatic N) is 6. The number of amides is 4. The highest BCUT2D eigenvalue weighted by Gasteiger charge is 2.57. The minimum Gasteiger partial charge on any atom is -0.464 e. The van der Waals surface area contributed by atoms with Crippen molar-refractivity contribution in [3.05, 3.63) is 82.3 Å². The molecule has 2 aliphatic carbocycles. The van der Waals surface area contributed by atoms with Crippen molar-refractivity contribution >= 4 is 46.2 Å². The van der Waals surface area contributed by atoms with Crippen molar-refractivity contribution in [1.29, 1.82) is 0 Å². The maximum absolute atomic E-state index is 17.0. The van der Waals surface area contributed by atoms with Gasteiger partial charge in [-0.2, -0.15) is 0 Å². The van der Waals surface area contributed by atoms with Crippen molar-refractivity contribution in [2.24, 2.45) is 11.8 Å². The van der Waals surface area contributed by atoms with E-state index in [1.165, 1.54) is 47.0 Å². The fourth-order valence-corrected chi connectivity index (χ4v) is 12.5. The number of H-pyrrole nitrogens is 2. The van der Waals surface area contributed by atoms with Gasteiger partial charge in [0.1, 0.15) is 41.0 Å². The van der Waals surface area contributed by atoms with E-state index in [1.807, 2.05) is 54.9 Å². The Morgan fingerprint density at radius 2 is 1.56 bits per heavy atom. The minimum atomic E-state index is -2.06. The molecule has 3 aliphatic heterocycles. The first-order chi connectivity index (χ1) is 34.6. The maximum Gasteiger partial charge on any atom is 0.407 e. The molecule has 4 amide bonds. The summed E-state index contributed by atoms with van der Waals surface area (Å²) in [6.45, 7) is 6.75. The summed E-state index contributed by atoms with van der Waals surface area (Å²) < 4.78 is 51.0. The number of hydrogen-bond acceptors (Lipinski definition) is 11. The molecule has 378 valence electrons. The van der Waals surface area contributed by atoms with Gasteiger partial charge in [0.15, 0.2) is 0 Å². The number of aromatic nitrogens is 6. The number of nitrogens with one attached hydrogen (secondary N) is 4. The lowest BCUT2D eigenvalue weighted by Gasteiger charge is -2.34. The van der Waals surface area contributed by atoms with Crippen molar-refractivity contribution in [2.75, 3.05) is 20.8 Å². The second kappa shape index (κ2) is 18.3. The molecule has 7 atom stereocenters. The molecule has 0 spiro atoms. The highest BCUT2D eigenvalue weighted by Crippen LogP contribution is 2.54. The van der Waals surface area contributed by atoms with E-state index in [2.05, 4.69) is 20.6 Å². The first kappa shape index (κ1) is 47.5. The molecule has 0 bridgehead atoms. The molecule has 7 heterocycles. The van der Waals surface area contributed by atoms with Gasteiger partial charge in [-0.3, -0.25) is 14.2 Å². The predicted octanol–water partition coefficient (Wildman–Crippen LogP) is 9.46. The van der Waals surface area contributed by atoms with Gasteiger partial charge in [0.25, 0.3) is 0 Å². The molecule has 2 saturated heterocycles. The van der Waals surface area contributed by atoms with Crippen LogP contribution in [-0.4, -0.2) is 108 Å². The van der Waals surface area contributed by atoms with E-state index in [-0.39, 0.29) is 29.8 Å². The van der Waals surface area contributed by atoms with E-state index in [0.29, 0.717) is 70.9 Å². The molecule has 5 aliphatic rings. The molecule has 11 rings (SSSR count). The second-order valence-electron chi connectivity index (χ2n) is 20.7. The number of rotatable bonds is 12. The number of likely N-dealkylation sites (tertiary alicyclic amines) is 2. The SMILES string of the molecule is COC(=O)NC(C(=O)N1[C@@H]2CC2C[C@H]1c1ncc(-c2ccc3c(c2)cc2n3C(c3cnc(C4CCCC4)s3)Oc3cc(-c4cnc([C@@H]5CCCN5C(=O)[C@@H](NC(=O)OC)C(C)C)[nH]4)cc(F)c3-2)[nH]1)C(C)(C)F. The van der Waals surface area contributed by atoms with Crippen LogP contribution in [-0.2, 0) is 19.1 Å². The normalized spacial score (nSPS) is 22.3. The monoisotopic (exact) mass is 1000 g/mol. The molecule has 72 heavy (non-hydrogen) atoms. The van der Waals surface area contributed by atoms with Crippen LogP contribution in [0.2, 0.25) is 0 Å². The van der Waals surface area contributed by atoms with Crippen molar-refractivity contribution in [2.45, 2.75) is 127 Å². The van der Waals surface area contributed by atoms with Crippen LogP contribution >= 0.6 is 11.3 Å².